The highest BCUT2D eigenvalue weighted by atomic mass is 16.7. The van der Waals surface area contributed by atoms with Gasteiger partial charge in [0, 0.05) is 44.2 Å². The molecule has 0 bridgehead atoms. The van der Waals surface area contributed by atoms with Gasteiger partial charge in [0.1, 0.15) is 0 Å². The third-order valence-electron chi connectivity index (χ3n) is 9.61. The van der Waals surface area contributed by atoms with Crippen LogP contribution >= 0.6 is 0 Å². The van der Waals surface area contributed by atoms with Gasteiger partial charge in [-0.1, -0.05) is 54.6 Å². The van der Waals surface area contributed by atoms with E-state index in [0.29, 0.717) is 51.1 Å². The molecule has 1 amide bonds. The minimum atomic E-state index is -0.595. The van der Waals surface area contributed by atoms with Crippen LogP contribution < -0.4 is 5.69 Å². The Kier molecular flexibility index (Phi) is 7.87. The lowest BCUT2D eigenvalue weighted by Crippen LogP contribution is -2.44. The zero-order valence-electron chi connectivity index (χ0n) is 25.1. The number of hydrogen-bond acceptors (Lipinski definition) is 5. The summed E-state index contributed by atoms with van der Waals surface area (Å²) in [5, 5.41) is 9.74. The Morgan fingerprint density at radius 3 is 2.61 bits per heavy atom. The van der Waals surface area contributed by atoms with Gasteiger partial charge in [-0.25, -0.2) is 4.79 Å². The number of aliphatic hydroxyl groups is 1. The quantitative estimate of drug-likeness (QED) is 0.247. The number of ether oxygens (including phenoxy) is 2. The van der Waals surface area contributed by atoms with Crippen LogP contribution in [-0.2, 0) is 20.7 Å². The Morgan fingerprint density at radius 2 is 1.80 bits per heavy atom. The fourth-order valence-corrected chi connectivity index (χ4v) is 7.53. The summed E-state index contributed by atoms with van der Waals surface area (Å²) in [5.41, 5.74) is 7.92. The molecule has 2 aliphatic heterocycles. The van der Waals surface area contributed by atoms with Crippen molar-refractivity contribution >= 4 is 16.9 Å². The molecule has 1 aromatic heterocycles. The average molecular weight is 594 g/mol. The Hall–Kier alpha value is -4.14. The Labute approximate surface area is 256 Å². The van der Waals surface area contributed by atoms with E-state index >= 15 is 0 Å². The number of benzene rings is 3. The number of fused-ring (bicyclic) bond motifs is 4. The second kappa shape index (κ2) is 12.1. The van der Waals surface area contributed by atoms with E-state index in [1.54, 1.807) is 0 Å². The van der Waals surface area contributed by atoms with Gasteiger partial charge in [0.15, 0.2) is 5.76 Å². The van der Waals surface area contributed by atoms with Gasteiger partial charge in [0.05, 0.1) is 11.0 Å². The van der Waals surface area contributed by atoms with E-state index in [1.807, 2.05) is 46.7 Å². The zero-order chi connectivity index (χ0) is 30.2. The molecule has 3 atom stereocenters. The summed E-state index contributed by atoms with van der Waals surface area (Å²) >= 11 is 0. The number of aliphatic hydroxyl groups excluding tert-OH is 1. The van der Waals surface area contributed by atoms with Crippen molar-refractivity contribution < 1.29 is 19.4 Å². The van der Waals surface area contributed by atoms with Crippen molar-refractivity contribution in [1.82, 2.24) is 14.5 Å². The predicted octanol–water partition coefficient (Wildman–Crippen LogP) is 5.51. The number of aromatic amines is 1. The first-order valence-corrected chi connectivity index (χ1v) is 15.9. The zero-order valence-corrected chi connectivity index (χ0v) is 25.1. The van der Waals surface area contributed by atoms with E-state index in [0.717, 1.165) is 17.5 Å². The third-order valence-corrected chi connectivity index (χ3v) is 9.61. The van der Waals surface area contributed by atoms with Gasteiger partial charge in [-0.3, -0.25) is 9.36 Å². The van der Waals surface area contributed by atoms with Crippen LogP contribution in [0.3, 0.4) is 0 Å². The van der Waals surface area contributed by atoms with Gasteiger partial charge in [-0.2, -0.15) is 0 Å². The lowest BCUT2D eigenvalue weighted by Gasteiger charge is -2.39. The van der Waals surface area contributed by atoms with E-state index in [-0.39, 0.29) is 36.1 Å². The van der Waals surface area contributed by atoms with E-state index in [9.17, 15) is 14.7 Å². The van der Waals surface area contributed by atoms with Crippen molar-refractivity contribution in [3.05, 3.63) is 106 Å². The smallest absolute Gasteiger partial charge is 0.326 e. The largest absolute Gasteiger partial charge is 0.459 e. The molecule has 0 saturated carbocycles. The Morgan fingerprint density at radius 1 is 1.02 bits per heavy atom. The van der Waals surface area contributed by atoms with Crippen LogP contribution in [0.5, 0.6) is 0 Å². The molecule has 8 nitrogen and oxygen atoms in total. The number of carbonyl (C=O) groups excluding carboxylic acids is 1. The number of nitrogens with zero attached hydrogens (tertiary/aromatic N) is 2. The summed E-state index contributed by atoms with van der Waals surface area (Å²) in [7, 11) is 0. The van der Waals surface area contributed by atoms with Gasteiger partial charge >= 0.3 is 5.69 Å². The van der Waals surface area contributed by atoms with Gasteiger partial charge < -0.3 is 24.5 Å². The summed E-state index contributed by atoms with van der Waals surface area (Å²) in [6.45, 7) is 3.55. The van der Waals surface area contributed by atoms with Crippen molar-refractivity contribution in [2.45, 2.75) is 57.3 Å². The number of para-hydroxylation sites is 2. The van der Waals surface area contributed by atoms with Gasteiger partial charge in [0.2, 0.25) is 6.29 Å². The monoisotopic (exact) mass is 593 g/mol. The number of likely N-dealkylation sites (tertiary alicyclic amines) is 1. The number of carbonyl (C=O) groups is 1. The van der Waals surface area contributed by atoms with Crippen molar-refractivity contribution in [2.24, 2.45) is 5.92 Å². The van der Waals surface area contributed by atoms with Crippen molar-refractivity contribution in [2.75, 3.05) is 26.3 Å². The molecule has 3 aromatic carbocycles. The van der Waals surface area contributed by atoms with E-state index < -0.39 is 6.29 Å². The number of H-pyrrole nitrogens is 1. The molecule has 0 spiro atoms. The maximum absolute atomic E-state index is 14.0. The molecule has 0 unspecified atom stereocenters. The molecule has 44 heavy (non-hydrogen) atoms. The highest BCUT2D eigenvalue weighted by Crippen LogP contribution is 2.46. The third kappa shape index (κ3) is 5.06. The summed E-state index contributed by atoms with van der Waals surface area (Å²) < 4.78 is 14.4. The highest BCUT2D eigenvalue weighted by Gasteiger charge is 2.41. The number of imidazole rings is 1. The number of nitrogens with one attached hydrogen (secondary N) is 1. The maximum Gasteiger partial charge on any atom is 0.326 e. The lowest BCUT2D eigenvalue weighted by atomic mass is 9.78. The Balaban J connectivity index is 1.18. The van der Waals surface area contributed by atoms with E-state index in [1.165, 1.54) is 27.8 Å². The molecular formula is C36H39N3O5. The van der Waals surface area contributed by atoms with Crippen LogP contribution in [0, 0.1) is 5.92 Å². The molecule has 4 aromatic rings. The molecule has 1 fully saturated rings. The predicted molar refractivity (Wildman–Crippen MR) is 169 cm³/mol. The fourth-order valence-electron chi connectivity index (χ4n) is 7.53. The number of amides is 1. The van der Waals surface area contributed by atoms with E-state index in [2.05, 4.69) is 47.4 Å². The van der Waals surface area contributed by atoms with Gasteiger partial charge in [0.25, 0.3) is 5.91 Å². The second-order valence-electron chi connectivity index (χ2n) is 12.1. The molecule has 0 radical (unpaired) electrons. The van der Waals surface area contributed by atoms with Crippen LogP contribution in [0.1, 0.15) is 61.3 Å². The topological polar surface area (TPSA) is 96.8 Å². The molecule has 2 N–H and O–H groups in total. The lowest BCUT2D eigenvalue weighted by molar-refractivity contribution is -0.170. The number of piperidine rings is 1. The highest BCUT2D eigenvalue weighted by molar-refractivity contribution is 5.92. The van der Waals surface area contributed by atoms with Gasteiger partial charge in [-0.05, 0) is 85.1 Å². The molecule has 3 aliphatic rings. The number of aromatic nitrogens is 2. The molecule has 8 heteroatoms. The number of hydrogen-bond donors (Lipinski definition) is 2. The summed E-state index contributed by atoms with van der Waals surface area (Å²) in [6.07, 6.45) is 4.97. The van der Waals surface area contributed by atoms with Crippen LogP contribution in [0.15, 0.2) is 83.4 Å². The van der Waals surface area contributed by atoms with Crippen molar-refractivity contribution in [1.29, 1.82) is 0 Å². The van der Waals surface area contributed by atoms with Crippen LogP contribution in [-0.4, -0.2) is 58.1 Å². The van der Waals surface area contributed by atoms with Crippen LogP contribution in [0.25, 0.3) is 22.2 Å². The summed E-state index contributed by atoms with van der Waals surface area (Å²) in [4.78, 5) is 31.6. The molecule has 228 valence electrons. The SMILES string of the molecule is CCO[C@@H]1OC(C(=O)N2CCC(n3c(=O)[nH]c4ccccc43)CC2)=C[C@H](c2cccc3c2Cc2ccccc2-3)[C@H]1CCCO. The normalized spacial score (nSPS) is 21.5. The molecule has 1 saturated heterocycles. The first kappa shape index (κ1) is 28.6. The molecular weight excluding hydrogens is 554 g/mol. The standard InChI is InChI=1S/C36H39N3O5/c1-2-43-35-28(13-8-20-40)30(27-12-7-11-26-25-10-4-3-9-23(25)21-29(26)27)22-33(44-35)34(41)38-18-16-24(17-19-38)39-32-15-6-5-14-31(32)37-36(39)42/h3-7,9-12,14-15,22,24,28,30,35,40H,2,8,13,16-21H2,1H3,(H,37,42)/t28-,30-,35-/m1/s1. The minimum Gasteiger partial charge on any atom is -0.459 e. The molecule has 3 heterocycles. The second-order valence-corrected chi connectivity index (χ2v) is 12.1. The number of allylic oxidation sites excluding steroid dienone is 1. The van der Waals surface area contributed by atoms with Gasteiger partial charge in [-0.15, -0.1) is 0 Å². The molecule has 7 rings (SSSR count). The number of rotatable bonds is 8. The first-order chi connectivity index (χ1) is 21.6. The first-order valence-electron chi connectivity index (χ1n) is 15.9. The Bertz CT molecular complexity index is 1760. The maximum atomic E-state index is 14.0. The van der Waals surface area contributed by atoms with E-state index in [4.69, 9.17) is 9.47 Å². The summed E-state index contributed by atoms with van der Waals surface area (Å²) in [6, 6.07) is 22.8. The fraction of sp³-hybridized carbons (Fsp3) is 0.389. The average Bonchev–Trinajstić information content (AvgIpc) is 3.60. The minimum absolute atomic E-state index is 0.0178. The molecule has 1 aliphatic carbocycles. The van der Waals surface area contributed by atoms with Crippen molar-refractivity contribution in [3.8, 4) is 11.1 Å². The van der Waals surface area contributed by atoms with Crippen LogP contribution in [0.2, 0.25) is 0 Å². The van der Waals surface area contributed by atoms with Crippen molar-refractivity contribution in [3.63, 3.8) is 0 Å². The van der Waals surface area contributed by atoms with Crippen LogP contribution in [0.4, 0.5) is 0 Å². The summed E-state index contributed by atoms with van der Waals surface area (Å²) in [5.74, 6) is 0.0381.